The standard InChI is InChI=1S/C19H19N3O7S2/c1-11-6-4-5-7-14(11)21-22-15-10-17(31(26,27)29-3)13-8-12(30(24,25)28-2)9-16(23)18(13)19(15)20/h4-10,23H,20H2,1-3H3. The van der Waals surface area contributed by atoms with Crippen molar-refractivity contribution >= 4 is 48.1 Å². The first-order chi connectivity index (χ1) is 14.5. The van der Waals surface area contributed by atoms with Gasteiger partial charge < -0.3 is 10.8 Å². The van der Waals surface area contributed by atoms with Crippen LogP contribution in [0.25, 0.3) is 10.8 Å². The number of hydrogen-bond donors (Lipinski definition) is 2. The molecule has 0 saturated heterocycles. The van der Waals surface area contributed by atoms with Gasteiger partial charge in [-0.05, 0) is 30.7 Å². The van der Waals surface area contributed by atoms with Crippen molar-refractivity contribution in [3.8, 4) is 5.75 Å². The largest absolute Gasteiger partial charge is 0.507 e. The Morgan fingerprint density at radius 2 is 1.52 bits per heavy atom. The van der Waals surface area contributed by atoms with Crippen molar-refractivity contribution in [3.63, 3.8) is 0 Å². The van der Waals surface area contributed by atoms with Crippen LogP contribution in [-0.2, 0) is 28.6 Å². The number of azo groups is 1. The van der Waals surface area contributed by atoms with Gasteiger partial charge in [0.1, 0.15) is 16.3 Å². The molecule has 3 aromatic carbocycles. The van der Waals surface area contributed by atoms with Gasteiger partial charge in [0.25, 0.3) is 20.2 Å². The number of phenolic OH excluding ortho intramolecular Hbond substituents is 1. The lowest BCUT2D eigenvalue weighted by atomic mass is 10.1. The zero-order valence-electron chi connectivity index (χ0n) is 16.7. The van der Waals surface area contributed by atoms with Gasteiger partial charge in [0.05, 0.1) is 35.9 Å². The van der Waals surface area contributed by atoms with E-state index in [2.05, 4.69) is 18.6 Å². The molecule has 0 saturated carbocycles. The van der Waals surface area contributed by atoms with Crippen LogP contribution >= 0.6 is 0 Å². The number of fused-ring (bicyclic) bond motifs is 1. The maximum atomic E-state index is 12.6. The fourth-order valence-corrected chi connectivity index (χ4v) is 4.47. The van der Waals surface area contributed by atoms with E-state index in [1.165, 1.54) is 0 Å². The highest BCUT2D eigenvalue weighted by Gasteiger charge is 2.25. The summed E-state index contributed by atoms with van der Waals surface area (Å²) in [6.45, 7) is 1.82. The van der Waals surface area contributed by atoms with Crippen LogP contribution < -0.4 is 5.73 Å². The van der Waals surface area contributed by atoms with Gasteiger partial charge in [0.15, 0.2) is 0 Å². The van der Waals surface area contributed by atoms with E-state index < -0.39 is 35.8 Å². The molecule has 10 nitrogen and oxygen atoms in total. The first-order valence-electron chi connectivity index (χ1n) is 8.69. The van der Waals surface area contributed by atoms with Crippen LogP contribution in [0.5, 0.6) is 5.75 Å². The molecule has 0 heterocycles. The van der Waals surface area contributed by atoms with Crippen LogP contribution in [0.2, 0.25) is 0 Å². The molecule has 0 aliphatic carbocycles. The SMILES string of the molecule is COS(=O)(=O)c1cc(O)c2c(N)c(N=Nc3ccccc3C)cc(S(=O)(=O)OC)c2c1. The Hall–Kier alpha value is -3.06. The molecule has 3 N–H and O–H groups in total. The number of hydrogen-bond acceptors (Lipinski definition) is 10. The van der Waals surface area contributed by atoms with Crippen LogP contribution in [0.3, 0.4) is 0 Å². The summed E-state index contributed by atoms with van der Waals surface area (Å²) >= 11 is 0. The first-order valence-corrected chi connectivity index (χ1v) is 11.5. The van der Waals surface area contributed by atoms with E-state index in [1.54, 1.807) is 12.1 Å². The number of nitrogens with two attached hydrogens (primary N) is 1. The second-order valence-electron chi connectivity index (χ2n) is 6.40. The Balaban J connectivity index is 2.37. The Kier molecular flexibility index (Phi) is 6.00. The molecular weight excluding hydrogens is 446 g/mol. The zero-order chi connectivity index (χ0) is 23.0. The highest BCUT2D eigenvalue weighted by atomic mass is 32.2. The number of rotatable bonds is 6. The lowest BCUT2D eigenvalue weighted by molar-refractivity contribution is 0.395. The van der Waals surface area contributed by atoms with Crippen LogP contribution in [0.4, 0.5) is 17.1 Å². The summed E-state index contributed by atoms with van der Waals surface area (Å²) in [5.41, 5.74) is 7.35. The summed E-state index contributed by atoms with van der Waals surface area (Å²) in [6.07, 6.45) is 0. The second-order valence-corrected chi connectivity index (χ2v) is 9.79. The second kappa shape index (κ2) is 8.23. The summed E-state index contributed by atoms with van der Waals surface area (Å²) in [6, 6.07) is 10.1. The van der Waals surface area contributed by atoms with Gasteiger partial charge in [-0.3, -0.25) is 8.37 Å². The Bertz CT molecular complexity index is 1420. The summed E-state index contributed by atoms with van der Waals surface area (Å²) in [7, 11) is -6.70. The molecule has 0 amide bonds. The highest BCUT2D eigenvalue weighted by molar-refractivity contribution is 7.87. The molecule has 164 valence electrons. The summed E-state index contributed by atoms with van der Waals surface area (Å²) in [5.74, 6) is -0.578. The molecule has 0 aliphatic rings. The monoisotopic (exact) mass is 465 g/mol. The van der Waals surface area contributed by atoms with Gasteiger partial charge in [-0.15, -0.1) is 5.11 Å². The third kappa shape index (κ3) is 4.23. The number of phenols is 1. The number of nitrogens with zero attached hydrogens (tertiary/aromatic N) is 2. The molecule has 3 rings (SSSR count). The Morgan fingerprint density at radius 1 is 0.903 bits per heavy atom. The molecule has 0 atom stereocenters. The number of nitrogen functional groups attached to an aromatic ring is 1. The highest BCUT2D eigenvalue weighted by Crippen LogP contribution is 2.43. The van der Waals surface area contributed by atoms with Crippen LogP contribution in [-0.4, -0.2) is 36.2 Å². The number of benzene rings is 3. The third-order valence-electron chi connectivity index (χ3n) is 4.55. The van der Waals surface area contributed by atoms with E-state index in [9.17, 15) is 21.9 Å². The average Bonchev–Trinajstić information content (AvgIpc) is 2.73. The predicted octanol–water partition coefficient (Wildman–Crippen LogP) is 3.52. The molecule has 0 radical (unpaired) electrons. The molecule has 0 spiro atoms. The Morgan fingerprint density at radius 3 is 2.13 bits per heavy atom. The van der Waals surface area contributed by atoms with Gasteiger partial charge in [-0.1, -0.05) is 18.2 Å². The minimum absolute atomic E-state index is 0.0518. The van der Waals surface area contributed by atoms with Gasteiger partial charge in [0.2, 0.25) is 0 Å². The van der Waals surface area contributed by atoms with Crippen molar-refractivity contribution in [2.75, 3.05) is 20.0 Å². The topological polar surface area (TPSA) is 158 Å². The van der Waals surface area contributed by atoms with E-state index in [4.69, 9.17) is 5.73 Å². The lowest BCUT2D eigenvalue weighted by Crippen LogP contribution is -2.07. The van der Waals surface area contributed by atoms with Gasteiger partial charge in [-0.2, -0.15) is 21.9 Å². The van der Waals surface area contributed by atoms with E-state index >= 15 is 0 Å². The summed E-state index contributed by atoms with van der Waals surface area (Å²) in [4.78, 5) is -0.900. The van der Waals surface area contributed by atoms with Crippen LogP contribution in [0, 0.1) is 6.92 Å². The molecular formula is C19H19N3O7S2. The molecule has 0 aromatic heterocycles. The smallest absolute Gasteiger partial charge is 0.297 e. The van der Waals surface area contributed by atoms with Crippen molar-refractivity contribution in [1.29, 1.82) is 0 Å². The van der Waals surface area contributed by atoms with E-state index in [-0.39, 0.29) is 22.1 Å². The maximum Gasteiger partial charge on any atom is 0.297 e. The maximum absolute atomic E-state index is 12.6. The van der Waals surface area contributed by atoms with Crippen LogP contribution in [0.15, 0.2) is 62.5 Å². The average molecular weight is 466 g/mol. The minimum Gasteiger partial charge on any atom is -0.507 e. The van der Waals surface area contributed by atoms with Crippen molar-refractivity contribution in [1.82, 2.24) is 0 Å². The third-order valence-corrected chi connectivity index (χ3v) is 7.11. The van der Waals surface area contributed by atoms with Gasteiger partial charge in [0, 0.05) is 11.5 Å². The van der Waals surface area contributed by atoms with Crippen molar-refractivity contribution < 1.29 is 30.3 Å². The number of anilines is 1. The fourth-order valence-electron chi connectivity index (χ4n) is 2.89. The molecule has 0 unspecified atom stereocenters. The zero-order valence-corrected chi connectivity index (χ0v) is 18.4. The van der Waals surface area contributed by atoms with Crippen LogP contribution in [0.1, 0.15) is 5.56 Å². The summed E-state index contributed by atoms with van der Waals surface area (Å²) < 4.78 is 58.3. The fraction of sp³-hybridized carbons (Fsp3) is 0.158. The minimum atomic E-state index is -4.34. The van der Waals surface area contributed by atoms with Crippen molar-refractivity contribution in [2.24, 2.45) is 10.2 Å². The van der Waals surface area contributed by atoms with Crippen molar-refractivity contribution in [2.45, 2.75) is 16.7 Å². The van der Waals surface area contributed by atoms with E-state index in [0.29, 0.717) is 5.69 Å². The van der Waals surface area contributed by atoms with Gasteiger partial charge in [-0.25, -0.2) is 0 Å². The van der Waals surface area contributed by atoms with Crippen molar-refractivity contribution in [3.05, 3.63) is 48.0 Å². The molecule has 3 aromatic rings. The number of aromatic hydroxyl groups is 1. The first kappa shape index (κ1) is 22.6. The van der Waals surface area contributed by atoms with E-state index in [0.717, 1.165) is 38.0 Å². The quantitative estimate of drug-likeness (QED) is 0.318. The predicted molar refractivity (Wildman–Crippen MR) is 114 cm³/mol. The Labute approximate surface area is 179 Å². The number of aryl methyl sites for hydroxylation is 1. The summed E-state index contributed by atoms with van der Waals surface area (Å²) in [5, 5.41) is 18.4. The molecule has 0 aliphatic heterocycles. The molecule has 0 bridgehead atoms. The van der Waals surface area contributed by atoms with Gasteiger partial charge >= 0.3 is 0 Å². The molecule has 0 fully saturated rings. The molecule has 12 heteroatoms. The molecule has 31 heavy (non-hydrogen) atoms. The lowest BCUT2D eigenvalue weighted by Gasteiger charge is -2.14. The normalized spacial score (nSPS) is 12.6. The van der Waals surface area contributed by atoms with E-state index in [1.807, 2.05) is 19.1 Å².